The Hall–Kier alpha value is -1.84. The fourth-order valence-corrected chi connectivity index (χ4v) is 2.96. The van der Waals surface area contributed by atoms with Gasteiger partial charge in [0.15, 0.2) is 5.96 Å². The molecule has 0 saturated carbocycles. The summed E-state index contributed by atoms with van der Waals surface area (Å²) in [7, 11) is 1.42. The second-order valence-electron chi connectivity index (χ2n) is 6.24. The first-order valence-electron chi connectivity index (χ1n) is 8.46. The van der Waals surface area contributed by atoms with Crippen LogP contribution in [0.3, 0.4) is 0 Å². The van der Waals surface area contributed by atoms with Gasteiger partial charge < -0.3 is 20.7 Å². The number of carbonyl (C=O) groups excluding carboxylic acids is 2. The van der Waals surface area contributed by atoms with Gasteiger partial charge >= 0.3 is 5.97 Å². The number of methoxy groups -OCH3 is 1. The van der Waals surface area contributed by atoms with Crippen molar-refractivity contribution in [1.82, 2.24) is 10.2 Å². The standard InChI is InChI=1S/C18H26N4O3.HI/c1-4-20-18(22-10-12(2)15(11-22)17(24)25-3)21-9-13-5-7-14(8-6-13)16(19)23;/h5-8,12,15H,4,9-11H2,1-3H3,(H2,19,23)(H,20,21);1H. The van der Waals surface area contributed by atoms with Crippen molar-refractivity contribution in [3.8, 4) is 0 Å². The molecule has 1 aromatic carbocycles. The van der Waals surface area contributed by atoms with E-state index in [1.54, 1.807) is 12.1 Å². The van der Waals surface area contributed by atoms with E-state index in [-0.39, 0.29) is 41.8 Å². The van der Waals surface area contributed by atoms with Gasteiger partial charge in [-0.1, -0.05) is 19.1 Å². The van der Waals surface area contributed by atoms with E-state index in [0.717, 1.165) is 24.6 Å². The number of primary amides is 1. The Balaban J connectivity index is 0.00000338. The van der Waals surface area contributed by atoms with Crippen LogP contribution in [0.4, 0.5) is 0 Å². The van der Waals surface area contributed by atoms with E-state index in [1.165, 1.54) is 7.11 Å². The van der Waals surface area contributed by atoms with Crippen molar-refractivity contribution in [1.29, 1.82) is 0 Å². The molecule has 0 bridgehead atoms. The lowest BCUT2D eigenvalue weighted by Crippen LogP contribution is -2.40. The number of rotatable bonds is 5. The topological polar surface area (TPSA) is 97.0 Å². The summed E-state index contributed by atoms with van der Waals surface area (Å²) in [5.41, 5.74) is 6.71. The molecule has 7 nitrogen and oxygen atoms in total. The number of nitrogens with one attached hydrogen (secondary N) is 1. The van der Waals surface area contributed by atoms with E-state index < -0.39 is 5.91 Å². The molecule has 8 heteroatoms. The fourth-order valence-electron chi connectivity index (χ4n) is 2.96. The Morgan fingerprint density at radius 3 is 2.50 bits per heavy atom. The monoisotopic (exact) mass is 474 g/mol. The van der Waals surface area contributed by atoms with Gasteiger partial charge in [-0.3, -0.25) is 9.59 Å². The Kier molecular flexibility index (Phi) is 8.83. The maximum absolute atomic E-state index is 11.9. The number of esters is 1. The summed E-state index contributed by atoms with van der Waals surface area (Å²) in [6, 6.07) is 7.09. The molecule has 1 heterocycles. The molecule has 144 valence electrons. The zero-order valence-electron chi connectivity index (χ0n) is 15.4. The van der Waals surface area contributed by atoms with E-state index in [0.29, 0.717) is 18.7 Å². The molecule has 1 amide bonds. The van der Waals surface area contributed by atoms with Crippen molar-refractivity contribution in [3.05, 3.63) is 35.4 Å². The first-order valence-corrected chi connectivity index (χ1v) is 8.46. The van der Waals surface area contributed by atoms with Gasteiger partial charge in [-0.05, 0) is 30.5 Å². The smallest absolute Gasteiger partial charge is 0.310 e. The molecule has 0 spiro atoms. The Bertz CT molecular complexity index is 648. The lowest BCUT2D eigenvalue weighted by atomic mass is 9.99. The number of ether oxygens (including phenoxy) is 1. The molecule has 0 aromatic heterocycles. The van der Waals surface area contributed by atoms with Gasteiger partial charge in [-0.2, -0.15) is 0 Å². The van der Waals surface area contributed by atoms with Crippen LogP contribution in [0, 0.1) is 11.8 Å². The summed E-state index contributed by atoms with van der Waals surface area (Å²) in [6.07, 6.45) is 0. The first-order chi connectivity index (χ1) is 12.0. The number of hydrogen-bond acceptors (Lipinski definition) is 4. The summed E-state index contributed by atoms with van der Waals surface area (Å²) >= 11 is 0. The van der Waals surface area contributed by atoms with Gasteiger partial charge in [-0.25, -0.2) is 4.99 Å². The predicted molar refractivity (Wildman–Crippen MR) is 111 cm³/mol. The quantitative estimate of drug-likeness (QED) is 0.293. The highest BCUT2D eigenvalue weighted by molar-refractivity contribution is 14.0. The lowest BCUT2D eigenvalue weighted by molar-refractivity contribution is -0.145. The summed E-state index contributed by atoms with van der Waals surface area (Å²) < 4.78 is 4.89. The molecule has 0 radical (unpaired) electrons. The van der Waals surface area contributed by atoms with Crippen molar-refractivity contribution in [3.63, 3.8) is 0 Å². The van der Waals surface area contributed by atoms with Crippen LogP contribution in [-0.4, -0.2) is 49.5 Å². The summed E-state index contributed by atoms with van der Waals surface area (Å²) in [5.74, 6) is 0.241. The number of benzene rings is 1. The maximum atomic E-state index is 11.9. The Labute approximate surface area is 171 Å². The van der Waals surface area contributed by atoms with Crippen molar-refractivity contribution < 1.29 is 14.3 Å². The number of hydrogen-bond donors (Lipinski definition) is 2. The van der Waals surface area contributed by atoms with Crippen LogP contribution in [0.25, 0.3) is 0 Å². The molecule has 2 atom stereocenters. The Morgan fingerprint density at radius 2 is 1.96 bits per heavy atom. The molecule has 0 aliphatic carbocycles. The highest BCUT2D eigenvalue weighted by Gasteiger charge is 2.36. The van der Waals surface area contributed by atoms with E-state index >= 15 is 0 Å². The molecular weight excluding hydrogens is 447 g/mol. The van der Waals surface area contributed by atoms with Crippen LogP contribution in [0.2, 0.25) is 0 Å². The van der Waals surface area contributed by atoms with Crippen molar-refractivity contribution >= 4 is 41.8 Å². The van der Waals surface area contributed by atoms with E-state index in [4.69, 9.17) is 10.5 Å². The average Bonchev–Trinajstić information content (AvgIpc) is 2.99. The highest BCUT2D eigenvalue weighted by Crippen LogP contribution is 2.24. The number of halogens is 1. The fraction of sp³-hybridized carbons (Fsp3) is 0.500. The van der Waals surface area contributed by atoms with Gasteiger partial charge in [0.1, 0.15) is 0 Å². The third-order valence-electron chi connectivity index (χ3n) is 4.40. The normalized spacial score (nSPS) is 19.7. The average molecular weight is 474 g/mol. The van der Waals surface area contributed by atoms with Crippen LogP contribution in [0.15, 0.2) is 29.3 Å². The van der Waals surface area contributed by atoms with Gasteiger partial charge in [0, 0.05) is 25.2 Å². The second-order valence-corrected chi connectivity index (χ2v) is 6.24. The van der Waals surface area contributed by atoms with Crippen LogP contribution in [-0.2, 0) is 16.1 Å². The maximum Gasteiger partial charge on any atom is 0.310 e. The van der Waals surface area contributed by atoms with Crippen molar-refractivity contribution in [2.45, 2.75) is 20.4 Å². The predicted octanol–water partition coefficient (Wildman–Crippen LogP) is 1.61. The number of amides is 1. The van der Waals surface area contributed by atoms with Gasteiger partial charge in [0.2, 0.25) is 5.91 Å². The zero-order valence-corrected chi connectivity index (χ0v) is 17.7. The van der Waals surface area contributed by atoms with Gasteiger partial charge in [-0.15, -0.1) is 24.0 Å². The molecule has 2 rings (SSSR count). The third-order valence-corrected chi connectivity index (χ3v) is 4.40. The minimum atomic E-state index is -0.441. The molecule has 3 N–H and O–H groups in total. The van der Waals surface area contributed by atoms with Crippen LogP contribution in [0.1, 0.15) is 29.8 Å². The van der Waals surface area contributed by atoms with E-state index in [2.05, 4.69) is 15.2 Å². The molecule has 1 fully saturated rings. The summed E-state index contributed by atoms with van der Waals surface area (Å²) in [4.78, 5) is 29.7. The first kappa shape index (κ1) is 22.2. The Morgan fingerprint density at radius 1 is 1.31 bits per heavy atom. The molecule has 1 aromatic rings. The number of aliphatic imine (C=N–C) groups is 1. The van der Waals surface area contributed by atoms with Crippen LogP contribution >= 0.6 is 24.0 Å². The molecular formula is C18H27IN4O3. The number of nitrogens with zero attached hydrogens (tertiary/aromatic N) is 2. The number of carbonyl (C=O) groups is 2. The zero-order chi connectivity index (χ0) is 18.4. The van der Waals surface area contributed by atoms with Gasteiger partial charge in [0.25, 0.3) is 0 Å². The number of likely N-dealkylation sites (tertiary alicyclic amines) is 1. The SMILES string of the molecule is CCNC(=NCc1ccc(C(N)=O)cc1)N1CC(C)C(C(=O)OC)C1.I. The molecule has 1 aliphatic rings. The van der Waals surface area contributed by atoms with Gasteiger partial charge in [0.05, 0.1) is 19.6 Å². The minimum absolute atomic E-state index is 0. The molecule has 26 heavy (non-hydrogen) atoms. The second kappa shape index (κ2) is 10.3. The van der Waals surface area contributed by atoms with Crippen molar-refractivity contribution in [2.75, 3.05) is 26.7 Å². The highest BCUT2D eigenvalue weighted by atomic mass is 127. The van der Waals surface area contributed by atoms with Crippen LogP contribution in [0.5, 0.6) is 0 Å². The summed E-state index contributed by atoms with van der Waals surface area (Å²) in [5, 5.41) is 3.27. The molecule has 1 aliphatic heterocycles. The molecule has 1 saturated heterocycles. The number of nitrogens with two attached hydrogens (primary N) is 1. The lowest BCUT2D eigenvalue weighted by Gasteiger charge is -2.21. The minimum Gasteiger partial charge on any atom is -0.469 e. The van der Waals surface area contributed by atoms with Crippen molar-refractivity contribution in [2.24, 2.45) is 22.6 Å². The third kappa shape index (κ3) is 5.58. The largest absolute Gasteiger partial charge is 0.469 e. The van der Waals surface area contributed by atoms with Crippen LogP contribution < -0.4 is 11.1 Å². The summed E-state index contributed by atoms with van der Waals surface area (Å²) in [6.45, 7) is 6.64. The van der Waals surface area contributed by atoms with E-state index in [1.807, 2.05) is 26.0 Å². The number of guanidine groups is 1. The molecule has 2 unspecified atom stereocenters. The van der Waals surface area contributed by atoms with E-state index in [9.17, 15) is 9.59 Å².